The smallest absolute Gasteiger partial charge is 0.213 e. The summed E-state index contributed by atoms with van der Waals surface area (Å²) in [5, 5.41) is 0. The van der Waals surface area contributed by atoms with Gasteiger partial charge in [0.05, 0.1) is 12.0 Å². The molecular formula is C13H22N2O4S2. The summed E-state index contributed by atoms with van der Waals surface area (Å²) in [6, 6.07) is 7.24. The third-order valence-electron chi connectivity index (χ3n) is 2.63. The first-order chi connectivity index (χ1) is 9.39. The molecule has 0 saturated carbocycles. The molecule has 0 heterocycles. The lowest BCUT2D eigenvalue weighted by Gasteiger charge is -2.25. The Morgan fingerprint density at radius 1 is 1.14 bits per heavy atom. The van der Waals surface area contributed by atoms with Crippen molar-refractivity contribution in [2.45, 2.75) is 32.1 Å². The van der Waals surface area contributed by atoms with Gasteiger partial charge in [-0.2, -0.15) is 0 Å². The average molecular weight is 334 g/mol. The van der Waals surface area contributed by atoms with Crippen LogP contribution in [0.5, 0.6) is 0 Å². The maximum Gasteiger partial charge on any atom is 0.215 e. The Morgan fingerprint density at radius 3 is 2.29 bits per heavy atom. The van der Waals surface area contributed by atoms with Gasteiger partial charge >= 0.3 is 0 Å². The number of benzene rings is 1. The fraction of sp³-hybridized carbons (Fsp3) is 0.538. The first-order valence-electron chi connectivity index (χ1n) is 6.40. The van der Waals surface area contributed by atoms with Gasteiger partial charge in [-0.15, -0.1) is 0 Å². The molecular weight excluding hydrogens is 312 g/mol. The normalized spacial score (nSPS) is 13.3. The van der Waals surface area contributed by atoms with Crippen molar-refractivity contribution < 1.29 is 16.8 Å². The minimum absolute atomic E-state index is 0.0196. The fourth-order valence-corrected chi connectivity index (χ4v) is 4.28. The van der Waals surface area contributed by atoms with Crippen molar-refractivity contribution in [2.24, 2.45) is 0 Å². The molecule has 0 aliphatic carbocycles. The molecule has 0 saturated heterocycles. The molecule has 0 amide bonds. The minimum atomic E-state index is -3.52. The highest BCUT2D eigenvalue weighted by Crippen LogP contribution is 2.09. The maximum atomic E-state index is 12.0. The van der Waals surface area contributed by atoms with Crippen LogP contribution in [-0.2, 0) is 25.8 Å². The summed E-state index contributed by atoms with van der Waals surface area (Å²) in [5.41, 5.74) is 0.783. The highest BCUT2D eigenvalue weighted by atomic mass is 32.2. The van der Waals surface area contributed by atoms with E-state index < -0.39 is 25.6 Å². The Kier molecular flexibility index (Phi) is 5.54. The summed E-state index contributed by atoms with van der Waals surface area (Å²) in [4.78, 5) is 0. The molecule has 0 aliphatic rings. The molecule has 1 rings (SSSR count). The van der Waals surface area contributed by atoms with Gasteiger partial charge in [0.25, 0.3) is 0 Å². The van der Waals surface area contributed by atoms with E-state index in [1.807, 2.05) is 13.0 Å². The molecule has 1 aromatic carbocycles. The van der Waals surface area contributed by atoms with Crippen molar-refractivity contribution in [3.8, 4) is 0 Å². The second-order valence-corrected chi connectivity index (χ2v) is 9.38. The van der Waals surface area contributed by atoms with E-state index in [0.717, 1.165) is 11.8 Å². The minimum Gasteiger partial charge on any atom is -0.213 e. The van der Waals surface area contributed by atoms with Crippen LogP contribution in [0.4, 0.5) is 0 Å². The number of hydrogen-bond acceptors (Lipinski definition) is 4. The van der Waals surface area contributed by atoms with E-state index in [4.69, 9.17) is 0 Å². The van der Waals surface area contributed by atoms with Crippen LogP contribution >= 0.6 is 0 Å². The van der Waals surface area contributed by atoms with Gasteiger partial charge in [0.15, 0.2) is 0 Å². The molecule has 2 N–H and O–H groups in total. The van der Waals surface area contributed by atoms with Crippen LogP contribution in [0.1, 0.15) is 25.0 Å². The van der Waals surface area contributed by atoms with E-state index in [0.29, 0.717) is 5.56 Å². The SMILES string of the molecule is Cc1cccc(CS(=O)(=O)NCC(C)(C)NS(C)(=O)=O)c1. The van der Waals surface area contributed by atoms with E-state index in [2.05, 4.69) is 9.44 Å². The van der Waals surface area contributed by atoms with Crippen molar-refractivity contribution in [3.05, 3.63) is 35.4 Å². The maximum absolute atomic E-state index is 12.0. The molecule has 0 radical (unpaired) electrons. The van der Waals surface area contributed by atoms with E-state index in [1.165, 1.54) is 0 Å². The molecule has 0 spiro atoms. The summed E-state index contributed by atoms with van der Waals surface area (Å²) < 4.78 is 51.3. The zero-order chi connectivity index (χ0) is 16.3. The van der Waals surface area contributed by atoms with E-state index in [9.17, 15) is 16.8 Å². The van der Waals surface area contributed by atoms with Crippen molar-refractivity contribution in [3.63, 3.8) is 0 Å². The zero-order valence-corrected chi connectivity index (χ0v) is 14.3. The number of rotatable bonds is 7. The van der Waals surface area contributed by atoms with Gasteiger partial charge in [-0.25, -0.2) is 26.3 Å². The molecule has 8 heteroatoms. The number of nitrogens with one attached hydrogen (secondary N) is 2. The molecule has 0 bridgehead atoms. The predicted molar refractivity (Wildman–Crippen MR) is 83.9 cm³/mol. The standard InChI is InChI=1S/C13H22N2O4S2/c1-11-6-5-7-12(8-11)9-21(18,19)14-10-13(2,3)15-20(4,16)17/h5-8,14-15H,9-10H2,1-4H3. The molecule has 1 aromatic rings. The lowest BCUT2D eigenvalue weighted by Crippen LogP contribution is -2.51. The van der Waals surface area contributed by atoms with Crippen molar-refractivity contribution in [1.29, 1.82) is 0 Å². The van der Waals surface area contributed by atoms with Gasteiger partial charge in [0, 0.05) is 12.1 Å². The van der Waals surface area contributed by atoms with Crippen molar-refractivity contribution in [1.82, 2.24) is 9.44 Å². The summed E-state index contributed by atoms with van der Waals surface area (Å²) in [5.74, 6) is -0.135. The summed E-state index contributed by atoms with van der Waals surface area (Å²) in [6.07, 6.45) is 1.04. The van der Waals surface area contributed by atoms with Crippen LogP contribution in [0.3, 0.4) is 0 Å². The topological polar surface area (TPSA) is 92.3 Å². The van der Waals surface area contributed by atoms with Gasteiger partial charge in [-0.3, -0.25) is 0 Å². The second-order valence-electron chi connectivity index (χ2n) is 5.83. The van der Waals surface area contributed by atoms with Crippen LogP contribution in [-0.4, -0.2) is 35.2 Å². The van der Waals surface area contributed by atoms with E-state index in [-0.39, 0.29) is 12.3 Å². The van der Waals surface area contributed by atoms with Gasteiger partial charge in [0.1, 0.15) is 0 Å². The van der Waals surface area contributed by atoms with E-state index in [1.54, 1.807) is 32.0 Å². The molecule has 0 aromatic heterocycles. The van der Waals surface area contributed by atoms with Crippen LogP contribution in [0.25, 0.3) is 0 Å². The van der Waals surface area contributed by atoms with Crippen molar-refractivity contribution >= 4 is 20.0 Å². The molecule has 0 unspecified atom stereocenters. The Bertz CT molecular complexity index is 695. The van der Waals surface area contributed by atoms with Gasteiger partial charge in [-0.1, -0.05) is 29.8 Å². The van der Waals surface area contributed by atoms with Gasteiger partial charge < -0.3 is 0 Å². The van der Waals surface area contributed by atoms with Gasteiger partial charge in [0.2, 0.25) is 20.0 Å². The Labute approximate surface area is 127 Å². The number of sulfonamides is 2. The summed E-state index contributed by atoms with van der Waals surface area (Å²) >= 11 is 0. The highest BCUT2D eigenvalue weighted by Gasteiger charge is 2.24. The quantitative estimate of drug-likeness (QED) is 0.769. The lowest BCUT2D eigenvalue weighted by molar-refractivity contribution is 0.446. The van der Waals surface area contributed by atoms with Crippen LogP contribution in [0.15, 0.2) is 24.3 Å². The molecule has 120 valence electrons. The Hall–Kier alpha value is -0.960. The molecule has 6 nitrogen and oxygen atoms in total. The van der Waals surface area contributed by atoms with Crippen LogP contribution in [0, 0.1) is 6.92 Å². The van der Waals surface area contributed by atoms with Crippen LogP contribution in [0.2, 0.25) is 0 Å². The predicted octanol–water partition coefficient (Wildman–Crippen LogP) is 0.742. The number of hydrogen-bond donors (Lipinski definition) is 2. The summed E-state index contributed by atoms with van der Waals surface area (Å²) in [6.45, 7) is 5.10. The molecule has 21 heavy (non-hydrogen) atoms. The largest absolute Gasteiger partial charge is 0.215 e. The lowest BCUT2D eigenvalue weighted by atomic mass is 10.1. The Morgan fingerprint density at radius 2 is 1.76 bits per heavy atom. The average Bonchev–Trinajstić information content (AvgIpc) is 2.23. The van der Waals surface area contributed by atoms with Gasteiger partial charge in [-0.05, 0) is 26.3 Å². The van der Waals surface area contributed by atoms with Crippen LogP contribution < -0.4 is 9.44 Å². The first-order valence-corrected chi connectivity index (χ1v) is 9.95. The molecule has 0 atom stereocenters. The molecule has 0 fully saturated rings. The third kappa shape index (κ3) is 7.56. The monoisotopic (exact) mass is 334 g/mol. The highest BCUT2D eigenvalue weighted by molar-refractivity contribution is 7.89. The zero-order valence-electron chi connectivity index (χ0n) is 12.7. The fourth-order valence-electron chi connectivity index (χ4n) is 1.90. The molecule has 0 aliphatic heterocycles. The first kappa shape index (κ1) is 18.1. The number of aryl methyl sites for hydroxylation is 1. The van der Waals surface area contributed by atoms with E-state index >= 15 is 0 Å². The Balaban J connectivity index is 2.69. The summed E-state index contributed by atoms with van der Waals surface area (Å²) in [7, 11) is -6.92. The third-order valence-corrected chi connectivity index (χ3v) is 4.86. The van der Waals surface area contributed by atoms with Crippen molar-refractivity contribution in [2.75, 3.05) is 12.8 Å². The second kappa shape index (κ2) is 6.43.